The van der Waals surface area contributed by atoms with E-state index in [-0.39, 0.29) is 11.6 Å². The van der Waals surface area contributed by atoms with Crippen LogP contribution in [0.3, 0.4) is 0 Å². The summed E-state index contributed by atoms with van der Waals surface area (Å²) in [5.41, 5.74) is 6.24. The van der Waals surface area contributed by atoms with Crippen molar-refractivity contribution >= 4 is 17.3 Å². The summed E-state index contributed by atoms with van der Waals surface area (Å²) < 4.78 is 18.6. The standard InChI is InChI=1S/C15H15FN2O2/c1-2-20-12-6-3-10(4-7-12)15(19)18-11-5-8-14(17)13(16)9-11/h3-9H,2,17H2,1H3,(H,18,19). The van der Waals surface area contributed by atoms with Crippen LogP contribution in [-0.2, 0) is 0 Å². The molecule has 0 heterocycles. The minimum atomic E-state index is -0.561. The van der Waals surface area contributed by atoms with E-state index in [1.165, 1.54) is 12.1 Å². The first-order valence-corrected chi connectivity index (χ1v) is 6.19. The van der Waals surface area contributed by atoms with E-state index in [9.17, 15) is 9.18 Å². The highest BCUT2D eigenvalue weighted by atomic mass is 19.1. The Hall–Kier alpha value is -2.56. The predicted molar refractivity (Wildman–Crippen MR) is 76.4 cm³/mol. The zero-order valence-corrected chi connectivity index (χ0v) is 11.0. The summed E-state index contributed by atoms with van der Waals surface area (Å²) in [7, 11) is 0. The summed E-state index contributed by atoms with van der Waals surface area (Å²) >= 11 is 0. The number of halogens is 1. The Morgan fingerprint density at radius 3 is 2.55 bits per heavy atom. The van der Waals surface area contributed by atoms with E-state index < -0.39 is 5.82 Å². The van der Waals surface area contributed by atoms with E-state index in [4.69, 9.17) is 10.5 Å². The summed E-state index contributed by atoms with van der Waals surface area (Å²) in [5, 5.41) is 2.60. The average molecular weight is 274 g/mol. The molecule has 2 aromatic rings. The van der Waals surface area contributed by atoms with E-state index in [1.54, 1.807) is 30.3 Å². The summed E-state index contributed by atoms with van der Waals surface area (Å²) in [5.74, 6) is -0.186. The Kier molecular flexibility index (Phi) is 4.20. The normalized spacial score (nSPS) is 10.1. The fraction of sp³-hybridized carbons (Fsp3) is 0.133. The zero-order chi connectivity index (χ0) is 14.5. The van der Waals surface area contributed by atoms with Crippen LogP contribution in [-0.4, -0.2) is 12.5 Å². The zero-order valence-electron chi connectivity index (χ0n) is 11.0. The number of rotatable bonds is 4. The van der Waals surface area contributed by atoms with Crippen LogP contribution in [0.25, 0.3) is 0 Å². The lowest BCUT2D eigenvalue weighted by Gasteiger charge is -2.07. The summed E-state index contributed by atoms with van der Waals surface area (Å²) in [6.07, 6.45) is 0. The van der Waals surface area contributed by atoms with Gasteiger partial charge in [-0.3, -0.25) is 4.79 Å². The van der Waals surface area contributed by atoms with Gasteiger partial charge in [-0.15, -0.1) is 0 Å². The number of anilines is 2. The van der Waals surface area contributed by atoms with Gasteiger partial charge < -0.3 is 15.8 Å². The number of ether oxygens (including phenoxy) is 1. The number of carbonyl (C=O) groups is 1. The van der Waals surface area contributed by atoms with Gasteiger partial charge in [0.15, 0.2) is 0 Å². The van der Waals surface area contributed by atoms with Crippen molar-refractivity contribution in [3.8, 4) is 5.75 Å². The number of benzene rings is 2. The molecule has 4 nitrogen and oxygen atoms in total. The van der Waals surface area contributed by atoms with Crippen LogP contribution in [0.2, 0.25) is 0 Å². The molecule has 20 heavy (non-hydrogen) atoms. The number of nitrogens with two attached hydrogens (primary N) is 1. The van der Waals surface area contributed by atoms with Crippen LogP contribution < -0.4 is 15.8 Å². The Bertz CT molecular complexity index is 612. The average Bonchev–Trinajstić information content (AvgIpc) is 2.44. The molecule has 0 aliphatic carbocycles. The predicted octanol–water partition coefficient (Wildman–Crippen LogP) is 3.06. The highest BCUT2D eigenvalue weighted by Gasteiger charge is 2.07. The fourth-order valence-corrected chi connectivity index (χ4v) is 1.68. The highest BCUT2D eigenvalue weighted by molar-refractivity contribution is 6.04. The van der Waals surface area contributed by atoms with Crippen LogP contribution >= 0.6 is 0 Å². The molecule has 0 aromatic heterocycles. The third-order valence-corrected chi connectivity index (χ3v) is 2.69. The third kappa shape index (κ3) is 3.26. The lowest BCUT2D eigenvalue weighted by molar-refractivity contribution is 0.102. The van der Waals surface area contributed by atoms with E-state index in [0.717, 1.165) is 0 Å². The fourth-order valence-electron chi connectivity index (χ4n) is 1.68. The maximum atomic E-state index is 13.3. The Labute approximate surface area is 116 Å². The van der Waals surface area contributed by atoms with E-state index in [1.807, 2.05) is 6.92 Å². The van der Waals surface area contributed by atoms with Crippen molar-refractivity contribution in [1.82, 2.24) is 0 Å². The number of carbonyl (C=O) groups excluding carboxylic acids is 1. The number of nitrogens with one attached hydrogen (secondary N) is 1. The highest BCUT2D eigenvalue weighted by Crippen LogP contribution is 2.18. The minimum Gasteiger partial charge on any atom is -0.494 e. The van der Waals surface area contributed by atoms with Crippen molar-refractivity contribution in [2.24, 2.45) is 0 Å². The second-order valence-electron chi connectivity index (χ2n) is 4.15. The molecule has 1 amide bonds. The van der Waals surface area contributed by atoms with Crippen molar-refractivity contribution in [1.29, 1.82) is 0 Å². The molecule has 104 valence electrons. The number of amides is 1. The van der Waals surface area contributed by atoms with Gasteiger partial charge in [0, 0.05) is 11.3 Å². The maximum absolute atomic E-state index is 13.3. The monoisotopic (exact) mass is 274 g/mol. The van der Waals surface area contributed by atoms with Gasteiger partial charge in [0.1, 0.15) is 11.6 Å². The van der Waals surface area contributed by atoms with Gasteiger partial charge in [-0.05, 0) is 49.4 Å². The van der Waals surface area contributed by atoms with Crippen molar-refractivity contribution in [2.45, 2.75) is 6.92 Å². The molecule has 0 radical (unpaired) electrons. The minimum absolute atomic E-state index is 0.0454. The van der Waals surface area contributed by atoms with Crippen molar-refractivity contribution in [3.63, 3.8) is 0 Å². The van der Waals surface area contributed by atoms with Gasteiger partial charge in [0.05, 0.1) is 12.3 Å². The van der Waals surface area contributed by atoms with Crippen LogP contribution in [0.15, 0.2) is 42.5 Å². The van der Waals surface area contributed by atoms with Gasteiger partial charge in [-0.1, -0.05) is 0 Å². The topological polar surface area (TPSA) is 64.3 Å². The first kappa shape index (κ1) is 13.9. The molecule has 0 spiro atoms. The smallest absolute Gasteiger partial charge is 0.255 e. The quantitative estimate of drug-likeness (QED) is 0.842. The van der Waals surface area contributed by atoms with Crippen LogP contribution in [0.4, 0.5) is 15.8 Å². The first-order valence-electron chi connectivity index (χ1n) is 6.19. The first-order chi connectivity index (χ1) is 9.60. The van der Waals surface area contributed by atoms with Crippen LogP contribution in [0, 0.1) is 5.82 Å². The second-order valence-corrected chi connectivity index (χ2v) is 4.15. The van der Waals surface area contributed by atoms with Crippen LogP contribution in [0.5, 0.6) is 5.75 Å². The number of nitrogen functional groups attached to an aromatic ring is 1. The van der Waals surface area contributed by atoms with Crippen LogP contribution in [0.1, 0.15) is 17.3 Å². The molecular weight excluding hydrogens is 259 g/mol. The lowest BCUT2D eigenvalue weighted by Crippen LogP contribution is -2.12. The van der Waals surface area contributed by atoms with Gasteiger partial charge in [0.25, 0.3) is 5.91 Å². The molecule has 3 N–H and O–H groups in total. The molecule has 0 aliphatic heterocycles. The van der Waals surface area contributed by atoms with E-state index in [2.05, 4.69) is 5.32 Å². The Morgan fingerprint density at radius 1 is 1.25 bits per heavy atom. The molecule has 5 heteroatoms. The number of hydrogen-bond acceptors (Lipinski definition) is 3. The largest absolute Gasteiger partial charge is 0.494 e. The maximum Gasteiger partial charge on any atom is 0.255 e. The lowest BCUT2D eigenvalue weighted by atomic mass is 10.2. The molecule has 0 saturated carbocycles. The van der Waals surface area contributed by atoms with E-state index >= 15 is 0 Å². The SMILES string of the molecule is CCOc1ccc(C(=O)Nc2ccc(N)c(F)c2)cc1. The van der Waals surface area contributed by atoms with Crippen molar-refractivity contribution < 1.29 is 13.9 Å². The molecule has 0 saturated heterocycles. The summed E-state index contributed by atoms with van der Waals surface area (Å²) in [6.45, 7) is 2.45. The third-order valence-electron chi connectivity index (χ3n) is 2.69. The Balaban J connectivity index is 2.09. The summed E-state index contributed by atoms with van der Waals surface area (Å²) in [4.78, 5) is 12.0. The molecule has 0 bridgehead atoms. The molecule has 0 aliphatic rings. The van der Waals surface area contributed by atoms with Gasteiger partial charge >= 0.3 is 0 Å². The van der Waals surface area contributed by atoms with Gasteiger partial charge in [-0.25, -0.2) is 4.39 Å². The molecule has 2 rings (SSSR count). The molecule has 0 atom stereocenters. The van der Waals surface area contributed by atoms with Crippen molar-refractivity contribution in [2.75, 3.05) is 17.7 Å². The molecule has 0 unspecified atom stereocenters. The van der Waals surface area contributed by atoms with E-state index in [0.29, 0.717) is 23.6 Å². The molecular formula is C15H15FN2O2. The van der Waals surface area contributed by atoms with Gasteiger partial charge in [0.2, 0.25) is 0 Å². The van der Waals surface area contributed by atoms with Gasteiger partial charge in [-0.2, -0.15) is 0 Å². The Morgan fingerprint density at radius 2 is 1.95 bits per heavy atom. The summed E-state index contributed by atoms with van der Waals surface area (Å²) in [6, 6.07) is 10.8. The van der Waals surface area contributed by atoms with Crippen molar-refractivity contribution in [3.05, 3.63) is 53.8 Å². The molecule has 2 aromatic carbocycles. The number of hydrogen-bond donors (Lipinski definition) is 2. The molecule has 0 fully saturated rings. The second kappa shape index (κ2) is 6.06.